The van der Waals surface area contributed by atoms with E-state index >= 15 is 0 Å². The molecule has 0 unspecified atom stereocenters. The molecule has 2 aromatic rings. The molecule has 1 aromatic heterocycles. The lowest BCUT2D eigenvalue weighted by molar-refractivity contribution is -0.159. The second kappa shape index (κ2) is 15.4. The molecule has 2 amide bonds. The zero-order valence-corrected chi connectivity index (χ0v) is 32.0. The first-order valence-corrected chi connectivity index (χ1v) is 19.4. The van der Waals surface area contributed by atoms with E-state index < -0.39 is 80.3 Å². The fourth-order valence-electron chi connectivity index (χ4n) is 6.94. The molecule has 2 aliphatic carbocycles. The Hall–Kier alpha value is -4.59. The summed E-state index contributed by atoms with van der Waals surface area (Å²) in [6.07, 6.45) is 3.87. The minimum absolute atomic E-state index is 0.0245. The summed E-state index contributed by atoms with van der Waals surface area (Å²) in [6, 6.07) is 6.07. The van der Waals surface area contributed by atoms with E-state index in [0.29, 0.717) is 24.0 Å². The monoisotopic (exact) mass is 751 g/mol. The molecule has 1 saturated heterocycles. The molecule has 0 bridgehead atoms. The van der Waals surface area contributed by atoms with E-state index in [2.05, 4.69) is 16.3 Å². The van der Waals surface area contributed by atoms with Crippen molar-refractivity contribution in [1.82, 2.24) is 14.6 Å². The molecule has 5 atom stereocenters. The molecular weight excluding hydrogens is 703 g/mol. The molecule has 5 rings (SSSR count). The maximum absolute atomic E-state index is 14.5. The average Bonchev–Trinajstić information content (AvgIpc) is 3.99. The SMILES string of the molecule is C=C[C@@H]1C[C@]1(CC(=O)[C@@H]1C[C@@H](Oc2nccc3cc(OC)ccc23)CN1C(=O)[C@H](CC(=O)C=C(C)C)CC(=O)OC(C)(C)C)C(=O)NS(=O)(=O)C1CC1. The number of amides is 2. The number of methoxy groups -OCH3 is 1. The fraction of sp³-hybridized carbons (Fsp3) is 0.538. The third-order valence-corrected chi connectivity index (χ3v) is 11.6. The second-order valence-electron chi connectivity index (χ2n) is 15.6. The molecule has 2 heterocycles. The zero-order valence-electron chi connectivity index (χ0n) is 31.2. The number of Topliss-reactive ketones (excluding diaryl/α,β-unsaturated/α-hetero) is 1. The number of nitrogens with one attached hydrogen (secondary N) is 1. The molecule has 1 aromatic carbocycles. The number of aromatic nitrogens is 1. The highest BCUT2D eigenvalue weighted by Crippen LogP contribution is 2.57. The van der Waals surface area contributed by atoms with Crippen molar-refractivity contribution in [2.75, 3.05) is 13.7 Å². The number of hydrogen-bond donors (Lipinski definition) is 1. The van der Waals surface area contributed by atoms with E-state index in [1.165, 1.54) is 17.1 Å². The van der Waals surface area contributed by atoms with E-state index in [1.54, 1.807) is 66.1 Å². The van der Waals surface area contributed by atoms with Gasteiger partial charge in [-0.25, -0.2) is 13.4 Å². The Morgan fingerprint density at radius 2 is 1.83 bits per heavy atom. The second-order valence-corrected chi connectivity index (χ2v) is 17.5. The van der Waals surface area contributed by atoms with Gasteiger partial charge < -0.3 is 19.1 Å². The van der Waals surface area contributed by atoms with Crippen molar-refractivity contribution in [3.63, 3.8) is 0 Å². The first-order valence-electron chi connectivity index (χ1n) is 17.9. The summed E-state index contributed by atoms with van der Waals surface area (Å²) >= 11 is 0. The van der Waals surface area contributed by atoms with Gasteiger partial charge in [-0.05, 0) is 95.5 Å². The molecule has 0 radical (unpaired) electrons. The maximum atomic E-state index is 14.5. The Labute approximate surface area is 310 Å². The van der Waals surface area contributed by atoms with Crippen LogP contribution in [0.5, 0.6) is 11.6 Å². The number of esters is 1. The van der Waals surface area contributed by atoms with Gasteiger partial charge in [0, 0.05) is 30.8 Å². The van der Waals surface area contributed by atoms with Crippen molar-refractivity contribution >= 4 is 50.1 Å². The van der Waals surface area contributed by atoms with Crippen LogP contribution in [-0.4, -0.2) is 84.3 Å². The third-order valence-electron chi connectivity index (χ3n) is 9.77. The number of fused-ring (bicyclic) bond motifs is 1. The molecule has 14 heteroatoms. The number of likely N-dealkylation sites (tertiary alicyclic amines) is 1. The quantitative estimate of drug-likeness (QED) is 0.144. The van der Waals surface area contributed by atoms with Crippen LogP contribution in [0.1, 0.15) is 79.6 Å². The Morgan fingerprint density at radius 1 is 1.11 bits per heavy atom. The molecule has 1 N–H and O–H groups in total. The predicted octanol–water partition coefficient (Wildman–Crippen LogP) is 4.63. The minimum Gasteiger partial charge on any atom is -0.497 e. The number of carbonyl (C=O) groups is 5. The van der Waals surface area contributed by atoms with Gasteiger partial charge in [0.25, 0.3) is 0 Å². The van der Waals surface area contributed by atoms with Gasteiger partial charge in [0.2, 0.25) is 27.7 Å². The Morgan fingerprint density at radius 3 is 2.43 bits per heavy atom. The van der Waals surface area contributed by atoms with Crippen molar-refractivity contribution in [2.24, 2.45) is 17.3 Å². The lowest BCUT2D eigenvalue weighted by atomic mass is 9.90. The van der Waals surface area contributed by atoms with Gasteiger partial charge in [0.1, 0.15) is 17.5 Å². The number of ether oxygens (including phenoxy) is 3. The van der Waals surface area contributed by atoms with Gasteiger partial charge >= 0.3 is 5.97 Å². The van der Waals surface area contributed by atoms with Gasteiger partial charge in [0.15, 0.2) is 11.6 Å². The number of hydrogen-bond acceptors (Lipinski definition) is 11. The Bertz CT molecular complexity index is 1940. The first kappa shape index (κ1) is 39.6. The van der Waals surface area contributed by atoms with Crippen LogP contribution in [0.4, 0.5) is 0 Å². The Balaban J connectivity index is 1.46. The normalized spacial score (nSPS) is 23.1. The topological polar surface area (TPSA) is 175 Å². The highest BCUT2D eigenvalue weighted by molar-refractivity contribution is 7.90. The fourth-order valence-corrected chi connectivity index (χ4v) is 8.32. The number of sulfonamides is 1. The van der Waals surface area contributed by atoms with Crippen LogP contribution < -0.4 is 14.2 Å². The summed E-state index contributed by atoms with van der Waals surface area (Å²) in [4.78, 5) is 74.2. The summed E-state index contributed by atoms with van der Waals surface area (Å²) in [7, 11) is -2.33. The van der Waals surface area contributed by atoms with Crippen LogP contribution in [-0.2, 0) is 38.7 Å². The lowest BCUT2D eigenvalue weighted by Gasteiger charge is -2.29. The highest BCUT2D eigenvalue weighted by Gasteiger charge is 2.61. The summed E-state index contributed by atoms with van der Waals surface area (Å²) in [6.45, 7) is 12.3. The molecule has 3 aliphatic rings. The van der Waals surface area contributed by atoms with Gasteiger partial charge in [-0.15, -0.1) is 6.58 Å². The van der Waals surface area contributed by atoms with Crippen molar-refractivity contribution < 1.29 is 46.6 Å². The molecular formula is C39H49N3O10S. The molecule has 53 heavy (non-hydrogen) atoms. The van der Waals surface area contributed by atoms with Crippen LogP contribution in [0, 0.1) is 17.3 Å². The molecule has 286 valence electrons. The third kappa shape index (κ3) is 9.51. The number of benzene rings is 1. The number of rotatable bonds is 16. The van der Waals surface area contributed by atoms with Crippen molar-refractivity contribution in [3.8, 4) is 11.6 Å². The van der Waals surface area contributed by atoms with Crippen LogP contribution >= 0.6 is 0 Å². The molecule has 0 spiro atoms. The predicted molar refractivity (Wildman–Crippen MR) is 196 cm³/mol. The highest BCUT2D eigenvalue weighted by atomic mass is 32.2. The van der Waals surface area contributed by atoms with Gasteiger partial charge in [-0.1, -0.05) is 11.6 Å². The smallest absolute Gasteiger partial charge is 0.307 e. The van der Waals surface area contributed by atoms with Crippen molar-refractivity contribution in [2.45, 2.75) is 103 Å². The van der Waals surface area contributed by atoms with Crippen molar-refractivity contribution in [3.05, 3.63) is 54.8 Å². The largest absolute Gasteiger partial charge is 0.497 e. The summed E-state index contributed by atoms with van der Waals surface area (Å²) < 4.78 is 44.9. The number of carbonyl (C=O) groups excluding carboxylic acids is 5. The van der Waals surface area contributed by atoms with Crippen LogP contribution in [0.15, 0.2) is 54.8 Å². The number of nitrogens with zero attached hydrogens (tertiary/aromatic N) is 2. The number of allylic oxidation sites excluding steroid dienone is 3. The van der Waals surface area contributed by atoms with Gasteiger partial charge in [-0.3, -0.25) is 28.7 Å². The number of pyridine rings is 1. The molecule has 1 aliphatic heterocycles. The van der Waals surface area contributed by atoms with Gasteiger partial charge in [0.05, 0.1) is 42.7 Å². The molecule has 2 saturated carbocycles. The van der Waals surface area contributed by atoms with Crippen LogP contribution in [0.25, 0.3) is 10.8 Å². The standard InChI is InChI=1S/C39H49N3O10S/c1-8-26-20-39(26,37(47)41-53(48,49)30-10-11-30)21-33(44)32-19-29(51-35-31-12-9-28(50-7)17-24(31)13-14-40-35)22-42(32)36(46)25(16-27(43)15-23(2)3)18-34(45)52-38(4,5)6/h8-9,12-15,17,25-26,29-30,32H,1,10-11,16,18-22H2,2-7H3,(H,41,47)/t25-,26-,29-,32+,39-/m1/s1. The van der Waals surface area contributed by atoms with E-state index in [1.807, 2.05) is 6.07 Å². The zero-order chi connectivity index (χ0) is 38.9. The summed E-state index contributed by atoms with van der Waals surface area (Å²) in [5.74, 6) is -3.59. The van der Waals surface area contributed by atoms with Crippen LogP contribution in [0.2, 0.25) is 0 Å². The van der Waals surface area contributed by atoms with E-state index in [0.717, 1.165) is 11.0 Å². The van der Waals surface area contributed by atoms with E-state index in [-0.39, 0.29) is 43.9 Å². The Kier molecular flexibility index (Phi) is 11.5. The minimum atomic E-state index is -3.89. The van der Waals surface area contributed by atoms with Gasteiger partial charge in [-0.2, -0.15) is 0 Å². The van der Waals surface area contributed by atoms with Crippen molar-refractivity contribution in [1.29, 1.82) is 0 Å². The lowest BCUT2D eigenvalue weighted by Crippen LogP contribution is -2.47. The van der Waals surface area contributed by atoms with E-state index in [4.69, 9.17) is 14.2 Å². The molecule has 3 fully saturated rings. The first-order chi connectivity index (χ1) is 24.9. The summed E-state index contributed by atoms with van der Waals surface area (Å²) in [5.41, 5.74) is -1.47. The van der Waals surface area contributed by atoms with Crippen LogP contribution in [0.3, 0.4) is 0 Å². The number of ketones is 2. The summed E-state index contributed by atoms with van der Waals surface area (Å²) in [5, 5.41) is 0.831. The molecule has 13 nitrogen and oxygen atoms in total. The van der Waals surface area contributed by atoms with E-state index in [9.17, 15) is 32.4 Å². The maximum Gasteiger partial charge on any atom is 0.307 e. The average molecular weight is 752 g/mol.